The van der Waals surface area contributed by atoms with Crippen molar-refractivity contribution in [2.24, 2.45) is 0 Å². The number of halogens is 2. The maximum absolute atomic E-state index is 13.0. The quantitative estimate of drug-likeness (QED) is 0.923. The Morgan fingerprint density at radius 1 is 1.29 bits per heavy atom. The number of carbonyl (C=O) groups is 1. The summed E-state index contributed by atoms with van der Waals surface area (Å²) in [5.41, 5.74) is 2.46. The number of carbonyl (C=O) groups excluding carboxylic acids is 1. The zero-order valence-electron chi connectivity index (χ0n) is 11.7. The maximum atomic E-state index is 13.0. The van der Waals surface area contributed by atoms with Crippen molar-refractivity contribution in [3.63, 3.8) is 0 Å². The van der Waals surface area contributed by atoms with Crippen LogP contribution < -0.4 is 10.1 Å². The van der Waals surface area contributed by atoms with E-state index in [1.807, 2.05) is 19.9 Å². The lowest BCUT2D eigenvalue weighted by Gasteiger charge is -2.12. The van der Waals surface area contributed by atoms with Gasteiger partial charge in [-0.15, -0.1) is 0 Å². The van der Waals surface area contributed by atoms with Gasteiger partial charge in [-0.05, 0) is 43.2 Å². The Morgan fingerprint density at radius 2 is 2.05 bits per heavy atom. The largest absolute Gasteiger partial charge is 0.484 e. The molecule has 0 aliphatic rings. The predicted octanol–water partition coefficient (Wildman–Crippen LogP) is 4.11. The number of benzene rings is 2. The topological polar surface area (TPSA) is 38.3 Å². The van der Waals surface area contributed by atoms with Gasteiger partial charge in [-0.3, -0.25) is 4.79 Å². The van der Waals surface area contributed by atoms with Gasteiger partial charge >= 0.3 is 0 Å². The average Bonchev–Trinajstić information content (AvgIpc) is 2.40. The van der Waals surface area contributed by atoms with Crippen molar-refractivity contribution in [1.82, 2.24) is 0 Å². The number of amides is 1. The van der Waals surface area contributed by atoms with Crippen LogP contribution in [0.1, 0.15) is 11.1 Å². The third-order valence-corrected chi connectivity index (χ3v) is 3.16. The van der Waals surface area contributed by atoms with Crippen LogP contribution >= 0.6 is 11.6 Å². The van der Waals surface area contributed by atoms with E-state index < -0.39 is 5.82 Å². The number of ether oxygens (including phenoxy) is 1. The molecule has 2 aromatic rings. The summed E-state index contributed by atoms with van der Waals surface area (Å²) < 4.78 is 18.2. The van der Waals surface area contributed by atoms with Gasteiger partial charge in [0, 0.05) is 6.07 Å². The molecule has 2 rings (SSSR count). The first-order valence-corrected chi connectivity index (χ1v) is 6.78. The van der Waals surface area contributed by atoms with Gasteiger partial charge in [0.15, 0.2) is 6.61 Å². The first-order valence-electron chi connectivity index (χ1n) is 6.40. The van der Waals surface area contributed by atoms with E-state index in [4.69, 9.17) is 16.3 Å². The number of anilines is 1. The summed E-state index contributed by atoms with van der Waals surface area (Å²) in [6, 6.07) is 9.33. The molecule has 0 bridgehead atoms. The molecule has 0 radical (unpaired) electrons. The Kier molecular flexibility index (Phi) is 4.81. The number of hydrogen-bond donors (Lipinski definition) is 1. The van der Waals surface area contributed by atoms with Gasteiger partial charge in [-0.25, -0.2) is 4.39 Å². The number of hydrogen-bond acceptors (Lipinski definition) is 2. The second kappa shape index (κ2) is 6.59. The highest BCUT2D eigenvalue weighted by Gasteiger charge is 2.10. The van der Waals surface area contributed by atoms with Crippen LogP contribution in [0, 0.1) is 19.7 Å². The van der Waals surface area contributed by atoms with Crippen LogP contribution in [-0.2, 0) is 4.79 Å². The fraction of sp³-hybridized carbons (Fsp3) is 0.188. The van der Waals surface area contributed by atoms with Gasteiger partial charge in [-0.1, -0.05) is 23.7 Å². The van der Waals surface area contributed by atoms with Crippen LogP contribution in [0.15, 0.2) is 36.4 Å². The molecule has 0 aliphatic carbocycles. The maximum Gasteiger partial charge on any atom is 0.262 e. The standard InChI is InChI=1S/C16H15ClFNO2/c1-10-6-11(2)16(14(17)7-10)19-15(20)9-21-13-5-3-4-12(18)8-13/h3-8H,9H2,1-2H3,(H,19,20). The lowest BCUT2D eigenvalue weighted by molar-refractivity contribution is -0.118. The predicted molar refractivity (Wildman–Crippen MR) is 81.5 cm³/mol. The second-order valence-electron chi connectivity index (χ2n) is 4.73. The molecule has 0 aromatic heterocycles. The summed E-state index contributed by atoms with van der Waals surface area (Å²) in [4.78, 5) is 11.9. The van der Waals surface area contributed by atoms with Crippen LogP contribution in [0.2, 0.25) is 5.02 Å². The minimum absolute atomic E-state index is 0.215. The molecule has 0 spiro atoms. The van der Waals surface area contributed by atoms with Crippen molar-refractivity contribution in [2.45, 2.75) is 13.8 Å². The highest BCUT2D eigenvalue weighted by Crippen LogP contribution is 2.27. The van der Waals surface area contributed by atoms with Crippen molar-refractivity contribution < 1.29 is 13.9 Å². The molecule has 0 heterocycles. The highest BCUT2D eigenvalue weighted by atomic mass is 35.5. The van der Waals surface area contributed by atoms with Crippen molar-refractivity contribution >= 4 is 23.2 Å². The summed E-state index contributed by atoms with van der Waals surface area (Å²) in [7, 11) is 0. The van der Waals surface area contributed by atoms with Gasteiger partial charge in [-0.2, -0.15) is 0 Å². The monoisotopic (exact) mass is 307 g/mol. The van der Waals surface area contributed by atoms with Gasteiger partial charge in [0.1, 0.15) is 11.6 Å². The lowest BCUT2D eigenvalue weighted by Crippen LogP contribution is -2.21. The number of rotatable bonds is 4. The van der Waals surface area contributed by atoms with Gasteiger partial charge in [0.2, 0.25) is 0 Å². The van der Waals surface area contributed by atoms with E-state index in [1.165, 1.54) is 18.2 Å². The second-order valence-corrected chi connectivity index (χ2v) is 5.14. The van der Waals surface area contributed by atoms with Gasteiger partial charge in [0.05, 0.1) is 10.7 Å². The Hall–Kier alpha value is -2.07. The smallest absolute Gasteiger partial charge is 0.262 e. The average molecular weight is 308 g/mol. The summed E-state index contributed by atoms with van der Waals surface area (Å²) in [5, 5.41) is 3.18. The fourth-order valence-corrected chi connectivity index (χ4v) is 2.32. The minimum atomic E-state index is -0.412. The van der Waals surface area contributed by atoms with Crippen molar-refractivity contribution in [2.75, 3.05) is 11.9 Å². The Balaban J connectivity index is 1.99. The van der Waals surface area contributed by atoms with E-state index in [-0.39, 0.29) is 12.5 Å². The summed E-state index contributed by atoms with van der Waals surface area (Å²) in [6.45, 7) is 3.58. The number of aryl methyl sites for hydroxylation is 2. The molecular formula is C16H15ClFNO2. The normalized spacial score (nSPS) is 10.3. The zero-order chi connectivity index (χ0) is 15.4. The van der Waals surface area contributed by atoms with Crippen molar-refractivity contribution in [1.29, 1.82) is 0 Å². The molecule has 2 aromatic carbocycles. The number of nitrogens with one attached hydrogen (secondary N) is 1. The van der Waals surface area contributed by atoms with Crippen LogP contribution in [0.5, 0.6) is 5.75 Å². The van der Waals surface area contributed by atoms with E-state index in [0.29, 0.717) is 16.5 Å². The molecule has 0 fully saturated rings. The molecule has 110 valence electrons. The highest BCUT2D eigenvalue weighted by molar-refractivity contribution is 6.34. The summed E-state index contributed by atoms with van der Waals surface area (Å²) >= 11 is 6.11. The van der Waals surface area contributed by atoms with Crippen molar-refractivity contribution in [3.8, 4) is 5.75 Å². The van der Waals surface area contributed by atoms with E-state index >= 15 is 0 Å². The lowest BCUT2D eigenvalue weighted by atomic mass is 10.1. The molecular weight excluding hydrogens is 293 g/mol. The molecule has 0 unspecified atom stereocenters. The Morgan fingerprint density at radius 3 is 2.71 bits per heavy atom. The minimum Gasteiger partial charge on any atom is -0.484 e. The molecule has 5 heteroatoms. The SMILES string of the molecule is Cc1cc(C)c(NC(=O)COc2cccc(F)c2)c(Cl)c1. The molecule has 0 saturated carbocycles. The molecule has 0 atom stereocenters. The van der Waals surface area contributed by atoms with E-state index in [0.717, 1.165) is 11.1 Å². The fourth-order valence-electron chi connectivity index (χ4n) is 1.96. The third-order valence-electron chi connectivity index (χ3n) is 2.86. The van der Waals surface area contributed by atoms with E-state index in [2.05, 4.69) is 5.32 Å². The molecule has 1 amide bonds. The molecule has 3 nitrogen and oxygen atoms in total. The Bertz CT molecular complexity index is 650. The van der Waals surface area contributed by atoms with Crippen LogP contribution in [-0.4, -0.2) is 12.5 Å². The zero-order valence-corrected chi connectivity index (χ0v) is 12.5. The van der Waals surface area contributed by atoms with Crippen LogP contribution in [0.25, 0.3) is 0 Å². The first-order chi connectivity index (χ1) is 9.95. The molecule has 0 aliphatic heterocycles. The Labute approximate surface area is 127 Å². The molecule has 1 N–H and O–H groups in total. The molecule has 21 heavy (non-hydrogen) atoms. The van der Waals surface area contributed by atoms with Crippen LogP contribution in [0.3, 0.4) is 0 Å². The van der Waals surface area contributed by atoms with E-state index in [1.54, 1.807) is 12.1 Å². The van der Waals surface area contributed by atoms with Crippen LogP contribution in [0.4, 0.5) is 10.1 Å². The van der Waals surface area contributed by atoms with Gasteiger partial charge < -0.3 is 10.1 Å². The molecule has 0 saturated heterocycles. The van der Waals surface area contributed by atoms with Crippen molar-refractivity contribution in [3.05, 3.63) is 58.4 Å². The summed E-state index contributed by atoms with van der Waals surface area (Å²) in [6.07, 6.45) is 0. The summed E-state index contributed by atoms with van der Waals surface area (Å²) in [5.74, 6) is -0.463. The third kappa shape index (κ3) is 4.20. The van der Waals surface area contributed by atoms with E-state index in [9.17, 15) is 9.18 Å². The first kappa shape index (κ1) is 15.3. The van der Waals surface area contributed by atoms with Gasteiger partial charge in [0.25, 0.3) is 5.91 Å².